The van der Waals surface area contributed by atoms with E-state index in [0.717, 1.165) is 17.3 Å². The largest absolute Gasteiger partial charge is 1.00 e. The zero-order valence-electron chi connectivity index (χ0n) is 155. The standard InChI is InChI=1S/C20H21BN2O4.C14H11BN2O3.B.Na.64H2.H/c1-13-17(22-6)9-10-18(23-13)25-15-7-8-16(14(11-15)12-24)21-26-19(2,3)20(4,5)27-21;1-9-13(16-2)5-6-14(17-9)20-11-3-4-12-10(7-11)8-19-15(12)18;;;;;;;;;;;;;;;;;;;;;;;;;;;;;;;;;;;;;;;;;;;;;;;;;;;;;;;;;;;;;;;;;;;/h7-12H,1-5H3;3-7,18H,8H2,1H3;;;64*1H;/q;;;+1;;;;;;;;;;;;;;;;;;;;;;;;;;;;;;;;;;;;;;;;;;;;;;;;;;;;;;;;;;;;;;;;;-1/i;;;;63*1+1D;1+1;. The van der Waals surface area contributed by atoms with Crippen molar-refractivity contribution in [1.29, 1.82) is 0 Å². The van der Waals surface area contributed by atoms with Crippen molar-refractivity contribution in [1.82, 2.24) is 9.97 Å². The van der Waals surface area contributed by atoms with Gasteiger partial charge in [0.1, 0.15) is 17.8 Å². The molecule has 0 saturated carbocycles. The molecule has 11 nitrogen and oxygen atoms in total. The SMILES string of the molecule is [2HH].[2H][2H].[2H][2H].[2H][2H].[2H][2H].[2H][2H].[2H][2H].[2H][2H].[2H][2H].[2H][2H].[2H][2H].[2H][2H].[2H][2H].[2H][2H].[2H][2H].[2H][2H].[2H][2H].[2H][2H].[2H][2H].[2H][2H].[2H][2H].[2H][2H].[2H][2H].[2H][2H].[2H][2H].[2H][2H].[2H][2H].[2H][2H].[2H][2H].[2H][2H].[2H][2H].[2H][2H].[2H][2H].[2H][2H].[2H][2H].[2H][2H].[2H][2H].[2H][2H].[2H][2H].[2H][2H].[2H][2H].[2H][2H].[2H][2H].[2H][2H].[2H][2H].[2H][2H].[2H][2H].[2H][2H].[2H][2H].[2H][2H].[2H][2H].[2H][2H].[2H][2H].[2H][2H].[2H][2H].[2H][2H].[2H][2H].[2H][2H].[2H][2H].[2H][2H].[2H][2H].[2H][2H].[2H][2H].[2H][2H].[B].[C-]#[N+]c1ccc(Oc2ccc(B3OC(C)(C)C(C)(C)O3)c(C=O)c2)nc1C.[C-]#[N+]c1ccc(Oc2ccc3c(c2)COB3O)nc1C.[H-].[Na+]. The van der Waals surface area contributed by atoms with Crippen LogP contribution < -0.4 is 50.0 Å². The second-order valence-corrected chi connectivity index (χ2v) is 12.0. The fourth-order valence-corrected chi connectivity index (χ4v) is 4.83. The molecule has 4 heterocycles. The molecule has 0 aliphatic carbocycles. The molecule has 0 spiro atoms. The van der Waals surface area contributed by atoms with Gasteiger partial charge in [-0.15, -0.1) is 0 Å². The van der Waals surface area contributed by atoms with E-state index in [0.29, 0.717) is 63.7 Å². The molecule has 0 bridgehead atoms. The van der Waals surface area contributed by atoms with Gasteiger partial charge in [-0.2, -0.15) is 0 Å². The van der Waals surface area contributed by atoms with E-state index < -0.39 is 25.4 Å². The third-order valence-electron chi connectivity index (χ3n) is 8.22. The van der Waals surface area contributed by atoms with Crippen LogP contribution in [-0.2, 0) is 20.6 Å². The van der Waals surface area contributed by atoms with E-state index >= 15 is 0 Å². The van der Waals surface area contributed by atoms with Crippen molar-refractivity contribution in [2.45, 2.75) is 59.4 Å². The van der Waals surface area contributed by atoms with Gasteiger partial charge in [0.05, 0.1) is 31.0 Å². The molecular weight excluding hydrogens is 632 g/mol. The van der Waals surface area contributed by atoms with Crippen LogP contribution in [0.2, 0.25) is 0 Å². The number of benzene rings is 2. The van der Waals surface area contributed by atoms with Crippen LogP contribution >= 0.6 is 0 Å². The van der Waals surface area contributed by atoms with Gasteiger partial charge in [-0.05, 0) is 107 Å². The van der Waals surface area contributed by atoms with Crippen molar-refractivity contribution in [3.8, 4) is 23.3 Å². The van der Waals surface area contributed by atoms with Crippen LogP contribution in [0.1, 0.15) is 245 Å². The molecule has 2 aliphatic rings. The molecule has 0 unspecified atom stereocenters. The Balaban J connectivity index is -0.0000000130. The van der Waals surface area contributed by atoms with E-state index in [1.165, 1.54) is 0 Å². The second-order valence-electron chi connectivity index (χ2n) is 12.0. The van der Waals surface area contributed by atoms with Gasteiger partial charge in [-0.3, -0.25) is 4.79 Å². The third-order valence-corrected chi connectivity index (χ3v) is 8.22. The Kier molecular flexibility index (Phi) is 2.38. The van der Waals surface area contributed by atoms with Gasteiger partial charge in [-0.1, -0.05) is 12.1 Å². The number of aryl methyl sites for hydroxylation is 2. The van der Waals surface area contributed by atoms with E-state index in [1.54, 1.807) is 68.4 Å². The summed E-state index contributed by atoms with van der Waals surface area (Å²) in [5.41, 5.74) is 4.01. The Hall–Kier alpha value is -3.98. The van der Waals surface area contributed by atoms with Crippen LogP contribution in [0.15, 0.2) is 60.7 Å². The van der Waals surface area contributed by atoms with Crippen molar-refractivity contribution >= 4 is 51.2 Å². The van der Waals surface area contributed by atoms with E-state index in [4.69, 9.17) is 224 Å². The molecule has 2 aromatic carbocycles. The molecule has 1 N–H and O–H groups in total. The number of nitrogens with zero attached hydrogens (tertiary/aromatic N) is 4. The summed E-state index contributed by atoms with van der Waals surface area (Å²) in [5.74, 6) is 1.90. The second kappa shape index (κ2) is 16.2. The van der Waals surface area contributed by atoms with Gasteiger partial charge in [0, 0.05) is 214 Å². The zero-order valence-corrected chi connectivity index (χ0v) is 30.5. The predicted octanol–water partition coefficient (Wildman–Crippen LogP) is 18.3. The summed E-state index contributed by atoms with van der Waals surface area (Å²) < 4.78 is 659. The molecule has 0 amide bonds. The number of pyridine rings is 2. The van der Waals surface area contributed by atoms with Crippen LogP contribution in [0.4, 0.5) is 11.4 Å². The Bertz CT molecular complexity index is 2070. The van der Waals surface area contributed by atoms with Gasteiger partial charge in [-0.25, -0.2) is 19.7 Å². The zero-order chi connectivity index (χ0) is 160. The number of aromatic nitrogens is 2. The number of fused-ring (bicyclic) bond motifs is 1. The Morgan fingerprint density at radius 3 is 1.84 bits per heavy atom. The number of carbonyl (C=O) groups is 1. The monoisotopic (exact) mass is 922 g/mol. The summed E-state index contributed by atoms with van der Waals surface area (Å²) in [6.07, 6.45) is 0.758. The van der Waals surface area contributed by atoms with Crippen LogP contribution in [0.3, 0.4) is 0 Å². The van der Waals surface area contributed by atoms with E-state index in [-0.39, 0.29) is 40.8 Å². The first-order valence-electron chi connectivity index (χ1n) is 77.8. The summed E-state index contributed by atoms with van der Waals surface area (Å²) in [6.45, 7) is 25.8. The predicted molar refractivity (Wildman–Crippen MR) is 319 cm³/mol. The summed E-state index contributed by atoms with van der Waals surface area (Å²) in [5, 5.41) is 9.55. The molecule has 1 fully saturated rings. The summed E-state index contributed by atoms with van der Waals surface area (Å²) in [4.78, 5) is 26.9. The average molecular weight is 922 g/mol. The minimum atomic E-state index is -0.850. The topological polar surface area (TPSA) is 118 Å². The van der Waals surface area contributed by atoms with Crippen molar-refractivity contribution in [3.63, 3.8) is 0 Å². The van der Waals surface area contributed by atoms with Crippen molar-refractivity contribution in [2.75, 3.05) is 0 Å². The van der Waals surface area contributed by atoms with Crippen molar-refractivity contribution in [3.05, 3.63) is 106 Å². The van der Waals surface area contributed by atoms with Crippen LogP contribution in [0.5, 0.6) is 23.3 Å². The maximum atomic E-state index is 11.6. The molecule has 2 aromatic heterocycles. The van der Waals surface area contributed by atoms with E-state index in [2.05, 4.69) is 19.7 Å². The number of ether oxygens (including phenoxy) is 2. The molecule has 1 saturated heterocycles. The summed E-state index contributed by atoms with van der Waals surface area (Å²) >= 11 is 0. The molecule has 49 heavy (non-hydrogen) atoms. The first-order chi connectivity index (χ1) is 85.3. The quantitative estimate of drug-likeness (QED) is 0.115. The molecule has 3 radical (unpaired) electrons. The minimum Gasteiger partial charge on any atom is -1.00 e. The number of carbonyl (C=O) groups excluding carboxylic acids is 1. The first-order valence-corrected chi connectivity index (χ1v) is 14.8. The maximum absolute atomic E-state index is 11.6. The van der Waals surface area contributed by atoms with Gasteiger partial charge in [0.2, 0.25) is 23.1 Å². The molecular formula is C34H161B3N4NaO7. The molecule has 6 rings (SSSR count). The minimum absolute atomic E-state index is 0. The van der Waals surface area contributed by atoms with Crippen molar-refractivity contribution in [2.24, 2.45) is 0 Å². The number of aldehydes is 1. The number of hydrogen-bond acceptors (Lipinski definition) is 9. The molecule has 2 aliphatic heterocycles. The van der Waals surface area contributed by atoms with Crippen LogP contribution in [-0.4, -0.2) is 55.1 Å². The molecule has 369 valence electrons. The van der Waals surface area contributed by atoms with Gasteiger partial charge in [0.25, 0.3) is 0 Å². The molecule has 15 heteroatoms. The van der Waals surface area contributed by atoms with Gasteiger partial charge >= 0.3 is 43.8 Å². The Morgan fingerprint density at radius 2 is 1.37 bits per heavy atom. The van der Waals surface area contributed by atoms with Crippen LogP contribution in [0, 0.1) is 27.0 Å². The molecule has 4 aromatic rings. The van der Waals surface area contributed by atoms with E-state index in [9.17, 15) is 9.82 Å². The first kappa shape index (κ1) is 7.21. The smallest absolute Gasteiger partial charge is 1.00 e. The van der Waals surface area contributed by atoms with Crippen molar-refractivity contribution < 1.29 is 253 Å². The molecule has 0 atom stereocenters. The third kappa shape index (κ3) is 8.79. The normalized spacial score (nSPS) is 25.2. The van der Waals surface area contributed by atoms with Gasteiger partial charge < -0.3 is 29.9 Å². The van der Waals surface area contributed by atoms with Gasteiger partial charge in [0.15, 0.2) is 0 Å². The Morgan fingerprint density at radius 1 is 0.878 bits per heavy atom. The fraction of sp³-hybridized carbons (Fsp3) is 0.265. The maximum Gasteiger partial charge on any atom is 1.00 e. The number of hydrogen-bond donors (Lipinski definition) is 1. The summed E-state index contributed by atoms with van der Waals surface area (Å²) in [7, 11) is -1.47. The van der Waals surface area contributed by atoms with Crippen LogP contribution in [0.25, 0.3) is 9.69 Å². The average Bonchev–Trinajstić information content (AvgIpc) is 1.62. The Labute approximate surface area is 508 Å². The summed E-state index contributed by atoms with van der Waals surface area (Å²) in [6, 6.07) is 17.1. The fourth-order valence-electron chi connectivity index (χ4n) is 4.83. The van der Waals surface area contributed by atoms with E-state index in [1.807, 2.05) is 33.8 Å². The number of rotatable bonds is 6.